The van der Waals surface area contributed by atoms with Crippen LogP contribution in [0.4, 0.5) is 11.4 Å². The first-order valence-electron chi connectivity index (χ1n) is 26.7. The largest absolute Gasteiger partial charge is 0.455 e. The molecule has 0 unspecified atom stereocenters. The third-order valence-electron chi connectivity index (χ3n) is 18.3. The summed E-state index contributed by atoms with van der Waals surface area (Å²) in [5.41, 5.74) is 24.7. The average Bonchev–Trinajstić information content (AvgIpc) is 4.04. The van der Waals surface area contributed by atoms with E-state index in [0.717, 1.165) is 11.2 Å². The summed E-state index contributed by atoms with van der Waals surface area (Å²) in [5, 5.41) is 6.38. The van der Waals surface area contributed by atoms with Gasteiger partial charge >= 0.3 is 6.85 Å². The molecular formula is C67H67BN2OS. The number of thiophene rings is 1. The van der Waals surface area contributed by atoms with Crippen molar-refractivity contribution in [3.8, 4) is 27.9 Å². The van der Waals surface area contributed by atoms with E-state index in [4.69, 9.17) is 4.42 Å². The summed E-state index contributed by atoms with van der Waals surface area (Å²) in [6.45, 7) is 35.7. The third-order valence-corrected chi connectivity index (χ3v) is 19.5. The van der Waals surface area contributed by atoms with E-state index in [1.54, 1.807) is 0 Å². The molecule has 5 heteroatoms. The van der Waals surface area contributed by atoms with E-state index < -0.39 is 0 Å². The van der Waals surface area contributed by atoms with Crippen LogP contribution in [0.2, 0.25) is 0 Å². The normalized spacial score (nSPS) is 17.3. The first kappa shape index (κ1) is 44.6. The zero-order valence-corrected chi connectivity index (χ0v) is 45.9. The van der Waals surface area contributed by atoms with E-state index in [1.165, 1.54) is 144 Å². The number of hydrogen-bond donors (Lipinski definition) is 0. The van der Waals surface area contributed by atoms with Crippen LogP contribution in [-0.2, 0) is 32.5 Å². The zero-order chi connectivity index (χ0) is 50.3. The number of hydrogen-bond acceptors (Lipinski definition) is 3. The minimum Gasteiger partial charge on any atom is -0.455 e. The van der Waals surface area contributed by atoms with Gasteiger partial charge < -0.3 is 13.8 Å². The summed E-state index contributed by atoms with van der Waals surface area (Å²) in [5.74, 6) is 0. The van der Waals surface area contributed by atoms with Crippen LogP contribution in [0.15, 0.2) is 114 Å². The van der Waals surface area contributed by atoms with Gasteiger partial charge in [0.2, 0.25) is 0 Å². The van der Waals surface area contributed by atoms with Gasteiger partial charge in [0.1, 0.15) is 11.2 Å². The van der Waals surface area contributed by atoms with Gasteiger partial charge in [-0.1, -0.05) is 158 Å². The van der Waals surface area contributed by atoms with E-state index in [-0.39, 0.29) is 39.3 Å². The second-order valence-electron chi connectivity index (χ2n) is 27.2. The second-order valence-corrected chi connectivity index (χ2v) is 28.3. The summed E-state index contributed by atoms with van der Waals surface area (Å²) in [6.07, 6.45) is 2.36. The first-order valence-corrected chi connectivity index (χ1v) is 27.5. The Kier molecular flexibility index (Phi) is 8.54. The van der Waals surface area contributed by atoms with Gasteiger partial charge in [0.25, 0.3) is 0 Å². The van der Waals surface area contributed by atoms with Crippen LogP contribution < -0.4 is 15.1 Å². The highest BCUT2D eigenvalue weighted by molar-refractivity contribution is 7.32. The molecule has 4 aliphatic rings. The van der Waals surface area contributed by atoms with Crippen LogP contribution in [-0.4, -0.2) is 11.4 Å². The highest BCUT2D eigenvalue weighted by atomic mass is 32.1. The smallest absolute Gasteiger partial charge is 0.343 e. The lowest BCUT2D eigenvalue weighted by Gasteiger charge is -2.42. The zero-order valence-electron chi connectivity index (χ0n) is 45.1. The second kappa shape index (κ2) is 13.8. The fourth-order valence-electron chi connectivity index (χ4n) is 13.9. The lowest BCUT2D eigenvalue weighted by atomic mass is 9.47. The molecule has 7 aromatic carbocycles. The molecule has 2 aliphatic carbocycles. The number of anilines is 2. The summed E-state index contributed by atoms with van der Waals surface area (Å²) in [6, 6.07) is 43.6. The Morgan fingerprint density at radius 3 is 1.88 bits per heavy atom. The van der Waals surface area contributed by atoms with Crippen molar-refractivity contribution >= 4 is 93.6 Å². The highest BCUT2D eigenvalue weighted by Crippen LogP contribution is 2.58. The molecule has 0 spiro atoms. The minimum atomic E-state index is -0.219. The molecule has 0 bridgehead atoms. The standard InChI is InChI=1S/C67H67BN2OS/c1-62(2,3)36-20-24-39(25-21-36)70-51-34-42-40-26-22-38(64(7,8)9)31-46(40)67(14,15)47(42)32-44(51)56-57-59-54(55-41-18-16-17-19-52(41)71-60(55)56)43-30-37(63(4,5)6)23-27-50(43)69(59)58-45-33-48-49(35-53(45)72-61(58)68(57)70)66(12,13)29-28-65(48,10)11/h16-27,30-35H,28-29H2,1-15H3. The Balaban J connectivity index is 1.21. The molecule has 0 saturated heterocycles. The van der Waals surface area contributed by atoms with Crippen LogP contribution in [0.25, 0.3) is 81.8 Å². The molecule has 2 aliphatic heterocycles. The molecule has 0 radical (unpaired) electrons. The van der Waals surface area contributed by atoms with E-state index in [0.29, 0.717) is 0 Å². The summed E-state index contributed by atoms with van der Waals surface area (Å²) in [4.78, 5) is 2.76. The maximum Gasteiger partial charge on any atom is 0.343 e. The van der Waals surface area contributed by atoms with Crippen molar-refractivity contribution in [2.24, 2.45) is 0 Å². The maximum atomic E-state index is 7.46. The van der Waals surface area contributed by atoms with Crippen LogP contribution in [0.1, 0.15) is 156 Å². The van der Waals surface area contributed by atoms with E-state index in [1.807, 2.05) is 11.3 Å². The minimum absolute atomic E-state index is 0.0169. The monoisotopic (exact) mass is 959 g/mol. The summed E-state index contributed by atoms with van der Waals surface area (Å²) in [7, 11) is 0. The van der Waals surface area contributed by atoms with Crippen molar-refractivity contribution < 1.29 is 4.42 Å². The molecule has 360 valence electrons. The molecule has 0 saturated carbocycles. The van der Waals surface area contributed by atoms with Crippen LogP contribution >= 0.6 is 11.3 Å². The van der Waals surface area contributed by atoms with Crippen LogP contribution in [0.3, 0.4) is 0 Å². The van der Waals surface area contributed by atoms with Gasteiger partial charge in [-0.05, 0) is 150 Å². The number of aromatic nitrogens is 1. The van der Waals surface area contributed by atoms with Crippen molar-refractivity contribution in [2.45, 2.75) is 149 Å². The fourth-order valence-corrected chi connectivity index (χ4v) is 15.2. The van der Waals surface area contributed by atoms with Gasteiger partial charge in [0, 0.05) is 64.3 Å². The van der Waals surface area contributed by atoms with Crippen LogP contribution in [0, 0.1) is 0 Å². The number of para-hydroxylation sites is 1. The molecule has 3 aromatic heterocycles. The molecule has 14 rings (SSSR count). The van der Waals surface area contributed by atoms with Gasteiger partial charge in [0.05, 0.1) is 16.7 Å². The molecule has 3 nitrogen and oxygen atoms in total. The maximum absolute atomic E-state index is 7.46. The lowest BCUT2D eigenvalue weighted by Crippen LogP contribution is -2.59. The Hall–Kier alpha value is -6.04. The predicted molar refractivity (Wildman–Crippen MR) is 311 cm³/mol. The van der Waals surface area contributed by atoms with Crippen molar-refractivity contribution in [1.82, 2.24) is 4.57 Å². The van der Waals surface area contributed by atoms with Crippen LogP contribution in [0.5, 0.6) is 0 Å². The predicted octanol–water partition coefficient (Wildman–Crippen LogP) is 17.7. The molecule has 0 N–H and O–H groups in total. The number of benzene rings is 7. The van der Waals surface area contributed by atoms with Crippen molar-refractivity contribution in [3.05, 3.63) is 148 Å². The molecule has 72 heavy (non-hydrogen) atoms. The fraction of sp³-hybridized carbons (Fsp3) is 0.343. The topological polar surface area (TPSA) is 21.3 Å². The molecular weight excluding hydrogens is 892 g/mol. The Bertz CT molecular complexity index is 4070. The highest BCUT2D eigenvalue weighted by Gasteiger charge is 2.50. The quantitative estimate of drug-likeness (QED) is 0.153. The summed E-state index contributed by atoms with van der Waals surface area (Å²) < 4.78 is 13.0. The van der Waals surface area contributed by atoms with Gasteiger partial charge in [-0.3, -0.25) is 0 Å². The van der Waals surface area contributed by atoms with Gasteiger partial charge in [0.15, 0.2) is 0 Å². The third kappa shape index (κ3) is 5.75. The van der Waals surface area contributed by atoms with E-state index >= 15 is 0 Å². The number of furan rings is 1. The van der Waals surface area contributed by atoms with E-state index in [9.17, 15) is 0 Å². The van der Waals surface area contributed by atoms with Gasteiger partial charge in [-0.25, -0.2) is 0 Å². The SMILES string of the molecule is CC(C)(C)c1ccc(N2B3c4sc5cc6c(cc5c4-n4c5ccc(C(C)(C)C)cc5c5c7c(oc8ccccc87)c(c3c54)-c3cc4c(cc32)-c2ccc(C(C)(C)C)cc2C4(C)C)C(C)(C)CCC6(C)C)cc1. The first-order chi connectivity index (χ1) is 33.8. The van der Waals surface area contributed by atoms with Crippen molar-refractivity contribution in [3.63, 3.8) is 0 Å². The van der Waals surface area contributed by atoms with Crippen molar-refractivity contribution in [1.29, 1.82) is 0 Å². The van der Waals surface area contributed by atoms with Gasteiger partial charge in [-0.15, -0.1) is 11.3 Å². The van der Waals surface area contributed by atoms with E-state index in [2.05, 4.69) is 222 Å². The number of nitrogens with zero attached hydrogens (tertiary/aromatic N) is 2. The molecule has 0 atom stereocenters. The Morgan fingerprint density at radius 2 is 1.18 bits per heavy atom. The van der Waals surface area contributed by atoms with Gasteiger partial charge in [-0.2, -0.15) is 0 Å². The number of fused-ring (bicyclic) bond motifs is 19. The average molecular weight is 959 g/mol. The molecule has 10 aromatic rings. The number of rotatable bonds is 1. The Labute approximate surface area is 430 Å². The lowest BCUT2D eigenvalue weighted by molar-refractivity contribution is 0.332. The van der Waals surface area contributed by atoms with Crippen molar-refractivity contribution in [2.75, 3.05) is 4.81 Å². The summed E-state index contributed by atoms with van der Waals surface area (Å²) >= 11 is 2.03. The molecule has 0 amide bonds. The molecule has 0 fully saturated rings. The Morgan fingerprint density at radius 1 is 0.556 bits per heavy atom. The molecule has 5 heterocycles.